The summed E-state index contributed by atoms with van der Waals surface area (Å²) in [4.78, 5) is 23.5. The fourth-order valence-electron chi connectivity index (χ4n) is 13.2. The van der Waals surface area contributed by atoms with Gasteiger partial charge in [0.15, 0.2) is 0 Å². The number of aliphatic hydroxyl groups excluding tert-OH is 2. The summed E-state index contributed by atoms with van der Waals surface area (Å²) < 4.78 is 10.8. The Morgan fingerprint density at radius 3 is 1.69 bits per heavy atom. The molecule has 8 rings (SSSR count). The highest BCUT2D eigenvalue weighted by molar-refractivity contribution is 5.71. The topological polar surface area (TPSA) is 93.1 Å². The SMILES string of the molecule is C[C@]12CC(=O)OC[C@@H]1CC[C@@H]1[C@@H]2CC[C@]2(C)C(O)CC[C@@H]12.C[C@]12COC(=O)C[C@@H]1CC[C@@H]1[C@@H]2CC[C@]2(C)C(O)CC[C@@H]12. The molecule has 8 fully saturated rings. The van der Waals surface area contributed by atoms with E-state index in [2.05, 4.69) is 27.7 Å². The van der Waals surface area contributed by atoms with E-state index in [1.807, 2.05) is 0 Å². The zero-order chi connectivity index (χ0) is 29.7. The number of hydrogen-bond donors (Lipinski definition) is 2. The van der Waals surface area contributed by atoms with Gasteiger partial charge in [0.1, 0.15) is 0 Å². The van der Waals surface area contributed by atoms with Crippen LogP contribution in [0.3, 0.4) is 0 Å². The molecule has 6 heteroatoms. The minimum absolute atomic E-state index is 0.00728. The second kappa shape index (κ2) is 10.2. The number of hydrogen-bond acceptors (Lipinski definition) is 6. The Bertz CT molecular complexity index is 1090. The number of rotatable bonds is 0. The first-order valence-corrected chi connectivity index (χ1v) is 17.6. The van der Waals surface area contributed by atoms with Gasteiger partial charge < -0.3 is 19.7 Å². The maximum atomic E-state index is 11.9. The maximum Gasteiger partial charge on any atom is 0.306 e. The van der Waals surface area contributed by atoms with Crippen LogP contribution in [-0.2, 0) is 19.1 Å². The molecule has 2 saturated heterocycles. The molecule has 6 saturated carbocycles. The van der Waals surface area contributed by atoms with Crippen LogP contribution in [0.15, 0.2) is 0 Å². The van der Waals surface area contributed by atoms with Crippen molar-refractivity contribution in [1.82, 2.24) is 0 Å². The van der Waals surface area contributed by atoms with E-state index in [9.17, 15) is 19.8 Å². The van der Waals surface area contributed by atoms with Crippen molar-refractivity contribution in [2.24, 2.45) is 69.0 Å². The van der Waals surface area contributed by atoms with Gasteiger partial charge in [-0.2, -0.15) is 0 Å². The molecule has 0 amide bonds. The van der Waals surface area contributed by atoms with Crippen molar-refractivity contribution in [2.45, 2.75) is 130 Å². The maximum absolute atomic E-state index is 11.9. The van der Waals surface area contributed by atoms with Gasteiger partial charge in [0.05, 0.1) is 31.8 Å². The van der Waals surface area contributed by atoms with Crippen LogP contribution >= 0.6 is 0 Å². The normalized spacial score (nSPS) is 56.1. The number of cyclic esters (lactones) is 2. The van der Waals surface area contributed by atoms with Gasteiger partial charge in [0, 0.05) is 11.8 Å². The van der Waals surface area contributed by atoms with E-state index < -0.39 is 0 Å². The Morgan fingerprint density at radius 1 is 0.571 bits per heavy atom. The molecule has 6 aliphatic carbocycles. The Morgan fingerprint density at radius 2 is 1.10 bits per heavy atom. The Balaban J connectivity index is 0.000000137. The molecule has 0 aromatic heterocycles. The van der Waals surface area contributed by atoms with E-state index in [0.29, 0.717) is 67.5 Å². The summed E-state index contributed by atoms with van der Waals surface area (Å²) in [5, 5.41) is 20.9. The molecule has 14 atom stereocenters. The first kappa shape index (κ1) is 29.6. The molecule has 2 N–H and O–H groups in total. The fraction of sp³-hybridized carbons (Fsp3) is 0.944. The number of aliphatic hydroxyl groups is 2. The molecule has 8 aliphatic rings. The summed E-state index contributed by atoms with van der Waals surface area (Å²) in [6.07, 6.45) is 15.0. The Hall–Kier alpha value is -1.14. The predicted molar refractivity (Wildman–Crippen MR) is 159 cm³/mol. The Kier molecular flexibility index (Phi) is 7.17. The minimum atomic E-state index is -0.106. The lowest BCUT2D eigenvalue weighted by molar-refractivity contribution is -0.182. The first-order valence-electron chi connectivity index (χ1n) is 17.6. The monoisotopic (exact) mass is 584 g/mol. The van der Waals surface area contributed by atoms with Gasteiger partial charge in [-0.15, -0.1) is 0 Å². The third-order valence-electron chi connectivity index (χ3n) is 16.0. The molecule has 0 bridgehead atoms. The van der Waals surface area contributed by atoms with E-state index in [4.69, 9.17) is 9.47 Å². The molecule has 42 heavy (non-hydrogen) atoms. The molecule has 0 spiro atoms. The standard InChI is InChI=1S/2C18H28O3/c1-17-8-7-14-12(13(17)5-6-15(17)19)4-3-11-10-21-16(20)9-18(11,14)2;1-17-8-7-14-12(13(17)5-6-15(17)19)4-3-11-9-16(20)21-10-18(11,14)2/h2*11-15,19H,3-10H2,1-2H3/t2*11-,12-,13-,14-,15?,17-,18-/m00/s1. The molecule has 6 nitrogen and oxygen atoms in total. The zero-order valence-corrected chi connectivity index (χ0v) is 26.6. The highest BCUT2D eigenvalue weighted by atomic mass is 16.5. The first-order chi connectivity index (χ1) is 19.9. The molecule has 2 heterocycles. The third kappa shape index (κ3) is 4.22. The van der Waals surface area contributed by atoms with Gasteiger partial charge in [-0.25, -0.2) is 0 Å². The highest BCUT2D eigenvalue weighted by Crippen LogP contribution is 2.66. The van der Waals surface area contributed by atoms with Crippen LogP contribution in [-0.4, -0.2) is 47.6 Å². The molecule has 2 aliphatic heterocycles. The van der Waals surface area contributed by atoms with Gasteiger partial charge in [0.25, 0.3) is 0 Å². The summed E-state index contributed by atoms with van der Waals surface area (Å²) in [6, 6.07) is 0. The largest absolute Gasteiger partial charge is 0.465 e. The molecule has 0 aromatic rings. The number of carbonyl (C=O) groups is 2. The van der Waals surface area contributed by atoms with Crippen molar-refractivity contribution in [3.8, 4) is 0 Å². The number of fused-ring (bicyclic) bond motifs is 10. The van der Waals surface area contributed by atoms with Crippen LogP contribution in [0.1, 0.15) is 118 Å². The van der Waals surface area contributed by atoms with Crippen molar-refractivity contribution in [3.05, 3.63) is 0 Å². The smallest absolute Gasteiger partial charge is 0.306 e. The van der Waals surface area contributed by atoms with E-state index in [1.54, 1.807) is 0 Å². The van der Waals surface area contributed by atoms with Crippen LogP contribution in [0.25, 0.3) is 0 Å². The van der Waals surface area contributed by atoms with Crippen molar-refractivity contribution in [1.29, 1.82) is 0 Å². The number of ether oxygens (including phenoxy) is 2. The summed E-state index contributed by atoms with van der Waals surface area (Å²) in [5.74, 6) is 5.25. The predicted octanol–water partition coefficient (Wildman–Crippen LogP) is 6.31. The summed E-state index contributed by atoms with van der Waals surface area (Å²) in [7, 11) is 0. The van der Waals surface area contributed by atoms with E-state index in [-0.39, 0.29) is 45.8 Å². The van der Waals surface area contributed by atoms with Crippen molar-refractivity contribution in [3.63, 3.8) is 0 Å². The minimum Gasteiger partial charge on any atom is -0.465 e. The lowest BCUT2D eigenvalue weighted by Gasteiger charge is -2.59. The lowest BCUT2D eigenvalue weighted by Crippen LogP contribution is -2.56. The van der Waals surface area contributed by atoms with Gasteiger partial charge in [0.2, 0.25) is 0 Å². The highest BCUT2D eigenvalue weighted by Gasteiger charge is 2.62. The molecule has 0 radical (unpaired) electrons. The summed E-state index contributed by atoms with van der Waals surface area (Å²) in [6.45, 7) is 10.6. The number of carbonyl (C=O) groups excluding carboxylic acids is 2. The average molecular weight is 585 g/mol. The third-order valence-corrected chi connectivity index (χ3v) is 16.0. The van der Waals surface area contributed by atoms with Crippen LogP contribution < -0.4 is 0 Å². The Labute approximate surface area is 253 Å². The molecular formula is C36H56O6. The van der Waals surface area contributed by atoms with Gasteiger partial charge in [-0.05, 0) is 141 Å². The molecule has 236 valence electrons. The van der Waals surface area contributed by atoms with E-state index in [0.717, 1.165) is 31.6 Å². The van der Waals surface area contributed by atoms with Crippen molar-refractivity contribution >= 4 is 11.9 Å². The fourth-order valence-corrected chi connectivity index (χ4v) is 13.2. The quantitative estimate of drug-likeness (QED) is 0.325. The number of esters is 2. The second-order valence-electron chi connectivity index (χ2n) is 17.3. The van der Waals surface area contributed by atoms with E-state index in [1.165, 1.54) is 51.4 Å². The van der Waals surface area contributed by atoms with Crippen molar-refractivity contribution in [2.75, 3.05) is 13.2 Å². The van der Waals surface area contributed by atoms with Gasteiger partial charge in [-0.3, -0.25) is 9.59 Å². The average Bonchev–Trinajstić information content (AvgIpc) is 3.43. The summed E-state index contributed by atoms with van der Waals surface area (Å²) in [5.41, 5.74) is 0.619. The van der Waals surface area contributed by atoms with Gasteiger partial charge >= 0.3 is 11.9 Å². The van der Waals surface area contributed by atoms with Crippen LogP contribution in [0.5, 0.6) is 0 Å². The van der Waals surface area contributed by atoms with Crippen molar-refractivity contribution < 1.29 is 29.3 Å². The molecule has 0 aromatic carbocycles. The van der Waals surface area contributed by atoms with Crippen LogP contribution in [0.4, 0.5) is 0 Å². The molecular weight excluding hydrogens is 528 g/mol. The summed E-state index contributed by atoms with van der Waals surface area (Å²) >= 11 is 0. The second-order valence-corrected chi connectivity index (χ2v) is 17.3. The van der Waals surface area contributed by atoms with Crippen LogP contribution in [0.2, 0.25) is 0 Å². The lowest BCUT2D eigenvalue weighted by atomic mass is 9.46. The molecule has 2 unspecified atom stereocenters. The zero-order valence-electron chi connectivity index (χ0n) is 26.6. The van der Waals surface area contributed by atoms with E-state index >= 15 is 0 Å². The van der Waals surface area contributed by atoms with Gasteiger partial charge in [-0.1, -0.05) is 27.7 Å². The van der Waals surface area contributed by atoms with Crippen LogP contribution in [0, 0.1) is 69.0 Å².